The van der Waals surface area contributed by atoms with Gasteiger partial charge in [0.1, 0.15) is 11.6 Å². The monoisotopic (exact) mass is 430 g/mol. The molecule has 0 heterocycles. The molecular weight excluding hydrogens is 403 g/mol. The van der Waals surface area contributed by atoms with Crippen LogP contribution in [0.25, 0.3) is 6.08 Å². The van der Waals surface area contributed by atoms with Crippen molar-refractivity contribution in [3.8, 4) is 5.75 Å². The summed E-state index contributed by atoms with van der Waals surface area (Å²) in [4.78, 5) is 11.6. The van der Waals surface area contributed by atoms with E-state index >= 15 is 0 Å². The molecule has 0 aliphatic heterocycles. The molecule has 0 saturated carbocycles. The molecule has 2 atom stereocenters. The molecule has 0 fully saturated rings. The number of carbonyl (C=O) groups excluding carboxylic acids is 1. The first kappa shape index (κ1) is 21.8. The summed E-state index contributed by atoms with van der Waals surface area (Å²) < 4.78 is 24.0. The van der Waals surface area contributed by atoms with Gasteiger partial charge in [0.25, 0.3) is 0 Å². The molecule has 0 N–H and O–H groups in total. The van der Waals surface area contributed by atoms with Gasteiger partial charge in [-0.3, -0.25) is 0 Å². The zero-order chi connectivity index (χ0) is 22.5. The standard InChI is InChI=1S/C28H27FO3/c1-3-32-27(30)17-6-19-4-7-21(8-5-19)28-25(20-9-12-23(29)13-10-20)15-11-22-18-24(31-2)14-16-26(22)28/h4-10,12-14,16-18,25,28H,3,11,15H2,1-2H3. The Hall–Kier alpha value is -3.40. The molecule has 4 heteroatoms. The number of hydrogen-bond donors (Lipinski definition) is 0. The largest absolute Gasteiger partial charge is 0.497 e. The van der Waals surface area contributed by atoms with E-state index in [-0.39, 0.29) is 23.6 Å². The number of fused-ring (bicyclic) bond motifs is 1. The highest BCUT2D eigenvalue weighted by Gasteiger charge is 2.32. The van der Waals surface area contributed by atoms with Crippen molar-refractivity contribution in [1.82, 2.24) is 0 Å². The van der Waals surface area contributed by atoms with Crippen LogP contribution in [-0.2, 0) is 16.0 Å². The molecule has 4 rings (SSSR count). The Morgan fingerprint density at radius 3 is 2.44 bits per heavy atom. The minimum absolute atomic E-state index is 0.151. The Morgan fingerprint density at radius 1 is 1.03 bits per heavy atom. The van der Waals surface area contributed by atoms with Crippen LogP contribution >= 0.6 is 0 Å². The average Bonchev–Trinajstić information content (AvgIpc) is 2.83. The van der Waals surface area contributed by atoms with E-state index in [1.165, 1.54) is 22.8 Å². The van der Waals surface area contributed by atoms with E-state index in [0.717, 1.165) is 29.7 Å². The molecular formula is C28H27FO3. The second-order valence-corrected chi connectivity index (χ2v) is 7.99. The second-order valence-electron chi connectivity index (χ2n) is 7.99. The van der Waals surface area contributed by atoms with Gasteiger partial charge in [-0.05, 0) is 83.8 Å². The van der Waals surface area contributed by atoms with Crippen LogP contribution in [-0.4, -0.2) is 19.7 Å². The minimum Gasteiger partial charge on any atom is -0.497 e. The topological polar surface area (TPSA) is 35.5 Å². The zero-order valence-electron chi connectivity index (χ0n) is 18.4. The molecule has 1 aliphatic carbocycles. The van der Waals surface area contributed by atoms with Gasteiger partial charge in [0.2, 0.25) is 0 Å². The third-order valence-electron chi connectivity index (χ3n) is 6.10. The van der Waals surface area contributed by atoms with E-state index in [1.54, 1.807) is 32.2 Å². The van der Waals surface area contributed by atoms with E-state index in [0.29, 0.717) is 6.61 Å². The fourth-order valence-electron chi connectivity index (χ4n) is 4.57. The third kappa shape index (κ3) is 4.75. The van der Waals surface area contributed by atoms with Crippen LogP contribution in [0.2, 0.25) is 0 Å². The van der Waals surface area contributed by atoms with Crippen LogP contribution in [0, 0.1) is 5.82 Å². The normalized spacial score (nSPS) is 17.7. The molecule has 3 aromatic rings. The Kier molecular flexibility index (Phi) is 6.69. The van der Waals surface area contributed by atoms with Crippen molar-refractivity contribution in [2.75, 3.05) is 13.7 Å². The molecule has 0 spiro atoms. The molecule has 0 amide bonds. The number of carbonyl (C=O) groups is 1. The Balaban J connectivity index is 1.70. The summed E-state index contributed by atoms with van der Waals surface area (Å²) in [6.45, 7) is 2.15. The van der Waals surface area contributed by atoms with Gasteiger partial charge in [-0.1, -0.05) is 42.5 Å². The van der Waals surface area contributed by atoms with Crippen molar-refractivity contribution in [3.05, 3.63) is 106 Å². The summed E-state index contributed by atoms with van der Waals surface area (Å²) in [5, 5.41) is 0. The third-order valence-corrected chi connectivity index (χ3v) is 6.10. The number of benzene rings is 3. The van der Waals surface area contributed by atoms with Crippen molar-refractivity contribution in [2.24, 2.45) is 0 Å². The molecule has 0 saturated heterocycles. The maximum absolute atomic E-state index is 13.6. The van der Waals surface area contributed by atoms with Crippen LogP contribution in [0.1, 0.15) is 53.0 Å². The predicted molar refractivity (Wildman–Crippen MR) is 124 cm³/mol. The second kappa shape index (κ2) is 9.82. The van der Waals surface area contributed by atoms with Crippen molar-refractivity contribution >= 4 is 12.0 Å². The van der Waals surface area contributed by atoms with Crippen molar-refractivity contribution in [3.63, 3.8) is 0 Å². The highest BCUT2D eigenvalue weighted by atomic mass is 19.1. The molecule has 32 heavy (non-hydrogen) atoms. The lowest BCUT2D eigenvalue weighted by molar-refractivity contribution is -0.137. The smallest absolute Gasteiger partial charge is 0.330 e. The van der Waals surface area contributed by atoms with E-state index in [2.05, 4.69) is 24.3 Å². The molecule has 0 aromatic heterocycles. The molecule has 2 unspecified atom stereocenters. The van der Waals surface area contributed by atoms with E-state index in [1.807, 2.05) is 30.3 Å². The Labute approximate surface area is 188 Å². The molecule has 0 bridgehead atoms. The molecule has 3 aromatic carbocycles. The number of hydrogen-bond acceptors (Lipinski definition) is 3. The molecule has 3 nitrogen and oxygen atoms in total. The van der Waals surface area contributed by atoms with Gasteiger partial charge in [-0.2, -0.15) is 0 Å². The van der Waals surface area contributed by atoms with Crippen molar-refractivity contribution < 1.29 is 18.7 Å². The number of methoxy groups -OCH3 is 1. The quantitative estimate of drug-likeness (QED) is 0.341. The Morgan fingerprint density at radius 2 is 1.75 bits per heavy atom. The predicted octanol–water partition coefficient (Wildman–Crippen LogP) is 6.27. The van der Waals surface area contributed by atoms with E-state index < -0.39 is 0 Å². The van der Waals surface area contributed by atoms with Gasteiger partial charge in [-0.15, -0.1) is 0 Å². The lowest BCUT2D eigenvalue weighted by Crippen LogP contribution is -2.20. The summed E-state index contributed by atoms with van der Waals surface area (Å²) >= 11 is 0. The fraction of sp³-hybridized carbons (Fsp3) is 0.250. The van der Waals surface area contributed by atoms with Gasteiger partial charge >= 0.3 is 5.97 Å². The van der Waals surface area contributed by atoms with Crippen molar-refractivity contribution in [2.45, 2.75) is 31.6 Å². The Bertz CT molecular complexity index is 1100. The number of esters is 1. The highest BCUT2D eigenvalue weighted by Crippen LogP contribution is 2.47. The van der Waals surface area contributed by atoms with Crippen LogP contribution in [0.15, 0.2) is 72.8 Å². The zero-order valence-corrected chi connectivity index (χ0v) is 18.4. The van der Waals surface area contributed by atoms with Crippen LogP contribution in [0.4, 0.5) is 4.39 Å². The average molecular weight is 431 g/mol. The van der Waals surface area contributed by atoms with Crippen LogP contribution in [0.5, 0.6) is 5.75 Å². The number of aryl methyl sites for hydroxylation is 1. The van der Waals surface area contributed by atoms with Gasteiger partial charge in [0, 0.05) is 12.0 Å². The van der Waals surface area contributed by atoms with Crippen LogP contribution in [0.3, 0.4) is 0 Å². The number of ether oxygens (including phenoxy) is 2. The maximum atomic E-state index is 13.6. The highest BCUT2D eigenvalue weighted by molar-refractivity contribution is 5.87. The van der Waals surface area contributed by atoms with Gasteiger partial charge < -0.3 is 9.47 Å². The molecule has 1 aliphatic rings. The molecule has 0 radical (unpaired) electrons. The summed E-state index contributed by atoms with van der Waals surface area (Å²) in [7, 11) is 1.69. The maximum Gasteiger partial charge on any atom is 0.330 e. The lowest BCUT2D eigenvalue weighted by Gasteiger charge is -2.35. The van der Waals surface area contributed by atoms with Crippen LogP contribution < -0.4 is 4.74 Å². The summed E-state index contributed by atoms with van der Waals surface area (Å²) in [6, 6.07) is 21.4. The lowest BCUT2D eigenvalue weighted by atomic mass is 9.69. The van der Waals surface area contributed by atoms with Crippen molar-refractivity contribution in [1.29, 1.82) is 0 Å². The summed E-state index contributed by atoms with van der Waals surface area (Å²) in [5.74, 6) is 0.699. The van der Waals surface area contributed by atoms with Gasteiger partial charge in [0.05, 0.1) is 13.7 Å². The number of rotatable bonds is 6. The summed E-state index contributed by atoms with van der Waals surface area (Å²) in [5.41, 5.74) is 5.84. The first-order chi connectivity index (χ1) is 15.6. The van der Waals surface area contributed by atoms with E-state index in [9.17, 15) is 9.18 Å². The van der Waals surface area contributed by atoms with E-state index in [4.69, 9.17) is 9.47 Å². The van der Waals surface area contributed by atoms with Gasteiger partial charge in [-0.25, -0.2) is 9.18 Å². The molecule has 164 valence electrons. The first-order valence-corrected chi connectivity index (χ1v) is 11.0. The summed E-state index contributed by atoms with van der Waals surface area (Å²) in [6.07, 6.45) is 5.13. The fourth-order valence-corrected chi connectivity index (χ4v) is 4.57. The van der Waals surface area contributed by atoms with Gasteiger partial charge in [0.15, 0.2) is 0 Å². The minimum atomic E-state index is -0.344. The number of halogens is 1. The SMILES string of the molecule is CCOC(=O)C=Cc1ccc(C2c3ccc(OC)cc3CCC2c2ccc(F)cc2)cc1. The first-order valence-electron chi connectivity index (χ1n) is 11.0.